The molecule has 4 heteroatoms. The Morgan fingerprint density at radius 1 is 1.10 bits per heavy atom. The number of benzene rings is 2. The van der Waals surface area contributed by atoms with E-state index in [9.17, 15) is 0 Å². The Kier molecular flexibility index (Phi) is 5.48. The minimum Gasteiger partial charge on any atom is -0.497 e. The van der Waals surface area contributed by atoms with Crippen molar-refractivity contribution in [3.05, 3.63) is 58.6 Å². The van der Waals surface area contributed by atoms with E-state index < -0.39 is 0 Å². The Balaban J connectivity index is 2.28. The molecule has 0 fully saturated rings. The second kappa shape index (κ2) is 7.34. The maximum absolute atomic E-state index is 6.10. The first-order chi connectivity index (χ1) is 10.2. The molecule has 0 radical (unpaired) electrons. The van der Waals surface area contributed by atoms with Crippen molar-refractivity contribution in [2.24, 2.45) is 0 Å². The van der Waals surface area contributed by atoms with E-state index >= 15 is 0 Å². The smallest absolute Gasteiger partial charge is 0.122 e. The standard InChI is InChI=1S/C17H20ClNO2/c1-19-16(12-5-4-6-15(10-12)20-2)11-13-9-14(18)7-8-17(13)21-3/h4-10,16,19H,11H2,1-3H3. The highest BCUT2D eigenvalue weighted by atomic mass is 35.5. The zero-order valence-corrected chi connectivity index (χ0v) is 13.3. The van der Waals surface area contributed by atoms with E-state index in [1.807, 2.05) is 43.4 Å². The lowest BCUT2D eigenvalue weighted by Gasteiger charge is -2.19. The summed E-state index contributed by atoms with van der Waals surface area (Å²) in [6, 6.07) is 13.9. The van der Waals surface area contributed by atoms with Crippen LogP contribution in [0.2, 0.25) is 5.02 Å². The Morgan fingerprint density at radius 2 is 1.90 bits per heavy atom. The van der Waals surface area contributed by atoms with Crippen LogP contribution in [0, 0.1) is 0 Å². The molecule has 0 aliphatic rings. The van der Waals surface area contributed by atoms with Gasteiger partial charge in [-0.15, -0.1) is 0 Å². The zero-order chi connectivity index (χ0) is 15.2. The molecule has 0 bridgehead atoms. The third kappa shape index (κ3) is 3.90. The summed E-state index contributed by atoms with van der Waals surface area (Å²) < 4.78 is 10.7. The monoisotopic (exact) mass is 305 g/mol. The van der Waals surface area contributed by atoms with Crippen LogP contribution in [-0.2, 0) is 6.42 Å². The van der Waals surface area contributed by atoms with Gasteiger partial charge in [0.2, 0.25) is 0 Å². The van der Waals surface area contributed by atoms with Gasteiger partial charge in [-0.05, 0) is 54.9 Å². The minimum atomic E-state index is 0.160. The van der Waals surface area contributed by atoms with E-state index in [1.54, 1.807) is 14.2 Å². The van der Waals surface area contributed by atoms with E-state index in [1.165, 1.54) is 5.56 Å². The third-order valence-electron chi connectivity index (χ3n) is 3.51. The largest absolute Gasteiger partial charge is 0.497 e. The Bertz CT molecular complexity index is 601. The van der Waals surface area contributed by atoms with Crippen LogP contribution in [0.1, 0.15) is 17.2 Å². The average molecular weight is 306 g/mol. The molecule has 0 aliphatic carbocycles. The maximum atomic E-state index is 6.10. The highest BCUT2D eigenvalue weighted by Crippen LogP contribution is 2.28. The number of methoxy groups -OCH3 is 2. The Morgan fingerprint density at radius 3 is 2.57 bits per heavy atom. The quantitative estimate of drug-likeness (QED) is 0.879. The number of halogens is 1. The predicted molar refractivity (Wildman–Crippen MR) is 86.5 cm³/mol. The van der Waals surface area contributed by atoms with Crippen molar-refractivity contribution in [3.63, 3.8) is 0 Å². The van der Waals surface area contributed by atoms with Gasteiger partial charge in [-0.25, -0.2) is 0 Å². The van der Waals surface area contributed by atoms with E-state index in [-0.39, 0.29) is 6.04 Å². The topological polar surface area (TPSA) is 30.5 Å². The Hall–Kier alpha value is -1.71. The van der Waals surface area contributed by atoms with Crippen LogP contribution in [-0.4, -0.2) is 21.3 Å². The van der Waals surface area contributed by atoms with Gasteiger partial charge in [-0.1, -0.05) is 23.7 Å². The molecule has 0 saturated heterocycles. The van der Waals surface area contributed by atoms with Crippen LogP contribution in [0.3, 0.4) is 0 Å². The fourth-order valence-corrected chi connectivity index (χ4v) is 2.57. The molecular weight excluding hydrogens is 286 g/mol. The number of rotatable bonds is 6. The summed E-state index contributed by atoms with van der Waals surface area (Å²) in [4.78, 5) is 0. The van der Waals surface area contributed by atoms with Crippen LogP contribution in [0.4, 0.5) is 0 Å². The number of ether oxygens (including phenoxy) is 2. The molecule has 1 unspecified atom stereocenters. The molecule has 1 N–H and O–H groups in total. The minimum absolute atomic E-state index is 0.160. The van der Waals surface area contributed by atoms with Crippen LogP contribution >= 0.6 is 11.6 Å². The molecule has 0 amide bonds. The lowest BCUT2D eigenvalue weighted by atomic mass is 9.98. The summed E-state index contributed by atoms with van der Waals surface area (Å²) in [5.41, 5.74) is 2.24. The van der Waals surface area contributed by atoms with Crippen LogP contribution in [0.15, 0.2) is 42.5 Å². The van der Waals surface area contributed by atoms with Gasteiger partial charge < -0.3 is 14.8 Å². The van der Waals surface area contributed by atoms with Crippen molar-refractivity contribution in [1.82, 2.24) is 5.32 Å². The fraction of sp³-hybridized carbons (Fsp3) is 0.294. The molecule has 2 rings (SSSR count). The summed E-state index contributed by atoms with van der Waals surface area (Å²) in [6.45, 7) is 0. The molecule has 2 aromatic carbocycles. The lowest BCUT2D eigenvalue weighted by Crippen LogP contribution is -2.19. The van der Waals surface area contributed by atoms with Crippen molar-refractivity contribution in [1.29, 1.82) is 0 Å². The van der Waals surface area contributed by atoms with Crippen molar-refractivity contribution in [2.45, 2.75) is 12.5 Å². The van der Waals surface area contributed by atoms with Crippen LogP contribution < -0.4 is 14.8 Å². The molecule has 21 heavy (non-hydrogen) atoms. The first kappa shape index (κ1) is 15.7. The summed E-state index contributed by atoms with van der Waals surface area (Å²) in [5.74, 6) is 1.70. The van der Waals surface area contributed by atoms with Gasteiger partial charge >= 0.3 is 0 Å². The molecule has 0 heterocycles. The summed E-state index contributed by atoms with van der Waals surface area (Å²) in [7, 11) is 5.29. The average Bonchev–Trinajstić information content (AvgIpc) is 2.52. The highest BCUT2D eigenvalue weighted by Gasteiger charge is 2.14. The van der Waals surface area contributed by atoms with Crippen molar-refractivity contribution >= 4 is 11.6 Å². The summed E-state index contributed by atoms with van der Waals surface area (Å²) in [6.07, 6.45) is 0.785. The summed E-state index contributed by atoms with van der Waals surface area (Å²) >= 11 is 6.10. The zero-order valence-electron chi connectivity index (χ0n) is 12.5. The van der Waals surface area contributed by atoms with Gasteiger partial charge in [0.05, 0.1) is 14.2 Å². The number of likely N-dealkylation sites (N-methyl/N-ethyl adjacent to an activating group) is 1. The van der Waals surface area contributed by atoms with Gasteiger partial charge in [0.25, 0.3) is 0 Å². The van der Waals surface area contributed by atoms with Gasteiger partial charge in [0.1, 0.15) is 11.5 Å². The number of nitrogens with one attached hydrogen (secondary N) is 1. The SMILES string of the molecule is CNC(Cc1cc(Cl)ccc1OC)c1cccc(OC)c1. The fourth-order valence-electron chi connectivity index (χ4n) is 2.37. The van der Waals surface area contributed by atoms with Gasteiger partial charge in [0, 0.05) is 11.1 Å². The molecule has 3 nitrogen and oxygen atoms in total. The van der Waals surface area contributed by atoms with Crippen molar-refractivity contribution in [2.75, 3.05) is 21.3 Å². The molecule has 0 aliphatic heterocycles. The van der Waals surface area contributed by atoms with Crippen molar-refractivity contribution in [3.8, 4) is 11.5 Å². The molecular formula is C17H20ClNO2. The van der Waals surface area contributed by atoms with E-state index in [2.05, 4.69) is 11.4 Å². The van der Waals surface area contributed by atoms with E-state index in [0.29, 0.717) is 5.02 Å². The predicted octanol–water partition coefficient (Wildman–Crippen LogP) is 3.86. The number of hydrogen-bond donors (Lipinski definition) is 1. The second-order valence-corrected chi connectivity index (χ2v) is 5.21. The maximum Gasteiger partial charge on any atom is 0.122 e. The molecule has 0 aromatic heterocycles. The molecule has 2 aromatic rings. The first-order valence-corrected chi connectivity index (χ1v) is 7.19. The van der Waals surface area contributed by atoms with Gasteiger partial charge in [0.15, 0.2) is 0 Å². The van der Waals surface area contributed by atoms with Crippen molar-refractivity contribution < 1.29 is 9.47 Å². The van der Waals surface area contributed by atoms with E-state index in [4.69, 9.17) is 21.1 Å². The summed E-state index contributed by atoms with van der Waals surface area (Å²) in [5, 5.41) is 4.05. The van der Waals surface area contributed by atoms with Gasteiger partial charge in [-0.3, -0.25) is 0 Å². The van der Waals surface area contributed by atoms with Gasteiger partial charge in [-0.2, -0.15) is 0 Å². The number of hydrogen-bond acceptors (Lipinski definition) is 3. The van der Waals surface area contributed by atoms with Crippen LogP contribution in [0.25, 0.3) is 0 Å². The molecule has 1 atom stereocenters. The molecule has 112 valence electrons. The molecule has 0 spiro atoms. The second-order valence-electron chi connectivity index (χ2n) is 4.78. The van der Waals surface area contributed by atoms with E-state index in [0.717, 1.165) is 23.5 Å². The normalized spacial score (nSPS) is 12.0. The van der Waals surface area contributed by atoms with Crippen LogP contribution in [0.5, 0.6) is 11.5 Å². The highest BCUT2D eigenvalue weighted by molar-refractivity contribution is 6.30. The molecule has 0 saturated carbocycles. The third-order valence-corrected chi connectivity index (χ3v) is 3.75. The Labute approximate surface area is 130 Å². The first-order valence-electron chi connectivity index (χ1n) is 6.81. The lowest BCUT2D eigenvalue weighted by molar-refractivity contribution is 0.405.